The van der Waals surface area contributed by atoms with Crippen LogP contribution < -0.4 is 10.6 Å². The van der Waals surface area contributed by atoms with Crippen LogP contribution in [0, 0.1) is 0 Å². The molecular formula is C14H17N5. The van der Waals surface area contributed by atoms with E-state index < -0.39 is 0 Å². The highest BCUT2D eigenvalue weighted by atomic mass is 15.3. The Bertz CT molecular complexity index is 573. The van der Waals surface area contributed by atoms with Crippen LogP contribution in [0.1, 0.15) is 12.5 Å². The molecule has 0 radical (unpaired) electrons. The van der Waals surface area contributed by atoms with Crippen LogP contribution in [0.4, 0.5) is 0 Å². The van der Waals surface area contributed by atoms with Crippen LogP contribution in [0.15, 0.2) is 47.7 Å². The van der Waals surface area contributed by atoms with Gasteiger partial charge in [0, 0.05) is 25.0 Å². The Balaban J connectivity index is 1.74. The van der Waals surface area contributed by atoms with Gasteiger partial charge in [-0.2, -0.15) is 5.10 Å². The maximum absolute atomic E-state index is 4.40. The number of guanidine groups is 1. The second kappa shape index (κ2) is 5.14. The number of benzene rings is 1. The molecule has 0 spiro atoms. The van der Waals surface area contributed by atoms with Crippen molar-refractivity contribution in [2.24, 2.45) is 4.99 Å². The predicted octanol–water partition coefficient (Wildman–Crippen LogP) is 1.31. The first-order valence-electron chi connectivity index (χ1n) is 6.46. The number of hydrogen-bond donors (Lipinski definition) is 2. The lowest BCUT2D eigenvalue weighted by Gasteiger charge is -2.12. The maximum Gasteiger partial charge on any atom is 0.191 e. The molecule has 1 aromatic carbocycles. The minimum atomic E-state index is 0.420. The van der Waals surface area contributed by atoms with E-state index in [2.05, 4.69) is 39.8 Å². The number of nitrogens with zero attached hydrogens (tertiary/aromatic N) is 3. The smallest absolute Gasteiger partial charge is 0.191 e. The molecule has 1 aliphatic heterocycles. The van der Waals surface area contributed by atoms with Crippen LogP contribution in [-0.2, 0) is 6.54 Å². The molecule has 5 nitrogen and oxygen atoms in total. The fourth-order valence-corrected chi connectivity index (χ4v) is 2.13. The Morgan fingerprint density at radius 3 is 3.00 bits per heavy atom. The van der Waals surface area contributed by atoms with Crippen LogP contribution in [0.25, 0.3) is 5.69 Å². The van der Waals surface area contributed by atoms with Crippen molar-refractivity contribution in [2.45, 2.75) is 19.5 Å². The molecule has 0 bridgehead atoms. The Kier molecular flexibility index (Phi) is 3.18. The molecule has 0 aliphatic carbocycles. The maximum atomic E-state index is 4.40. The first-order chi connectivity index (χ1) is 9.33. The molecule has 2 heterocycles. The molecule has 1 atom stereocenters. The SMILES string of the molecule is CC1CN=C(NCc2ccccc2-n2cccn2)N1. The van der Waals surface area contributed by atoms with E-state index in [-0.39, 0.29) is 0 Å². The van der Waals surface area contributed by atoms with Crippen LogP contribution >= 0.6 is 0 Å². The molecule has 98 valence electrons. The van der Waals surface area contributed by atoms with Crippen molar-refractivity contribution in [1.82, 2.24) is 20.4 Å². The molecule has 2 aromatic rings. The van der Waals surface area contributed by atoms with Crippen molar-refractivity contribution in [3.8, 4) is 5.69 Å². The van der Waals surface area contributed by atoms with Crippen molar-refractivity contribution in [1.29, 1.82) is 0 Å². The average molecular weight is 255 g/mol. The standard InChI is InChI=1S/C14H17N5/c1-11-9-15-14(18-11)16-10-12-5-2-3-6-13(12)19-8-4-7-17-19/h2-8,11H,9-10H2,1H3,(H2,15,16,18). The van der Waals surface area contributed by atoms with Gasteiger partial charge in [-0.25, -0.2) is 4.68 Å². The summed E-state index contributed by atoms with van der Waals surface area (Å²) in [6.07, 6.45) is 3.74. The molecule has 3 rings (SSSR count). The summed E-state index contributed by atoms with van der Waals surface area (Å²) in [4.78, 5) is 4.40. The summed E-state index contributed by atoms with van der Waals surface area (Å²) in [6, 6.07) is 10.6. The average Bonchev–Trinajstić information content (AvgIpc) is 3.08. The minimum absolute atomic E-state index is 0.420. The summed E-state index contributed by atoms with van der Waals surface area (Å²) in [7, 11) is 0. The van der Waals surface area contributed by atoms with E-state index in [9.17, 15) is 0 Å². The van der Waals surface area contributed by atoms with Crippen molar-refractivity contribution < 1.29 is 0 Å². The number of hydrogen-bond acceptors (Lipinski definition) is 4. The molecule has 1 unspecified atom stereocenters. The van der Waals surface area contributed by atoms with Crippen molar-refractivity contribution in [2.75, 3.05) is 6.54 Å². The highest BCUT2D eigenvalue weighted by Gasteiger charge is 2.12. The number of aromatic nitrogens is 2. The summed E-state index contributed by atoms with van der Waals surface area (Å²) in [5, 5.41) is 10.9. The van der Waals surface area contributed by atoms with Gasteiger partial charge in [0.05, 0.1) is 12.2 Å². The van der Waals surface area contributed by atoms with Gasteiger partial charge in [0.25, 0.3) is 0 Å². The predicted molar refractivity (Wildman–Crippen MR) is 75.3 cm³/mol. The van der Waals surface area contributed by atoms with E-state index >= 15 is 0 Å². The van der Waals surface area contributed by atoms with Crippen molar-refractivity contribution >= 4 is 5.96 Å². The molecule has 0 amide bonds. The summed E-state index contributed by atoms with van der Waals surface area (Å²) < 4.78 is 1.88. The van der Waals surface area contributed by atoms with Gasteiger partial charge >= 0.3 is 0 Å². The molecule has 19 heavy (non-hydrogen) atoms. The Morgan fingerprint density at radius 1 is 1.37 bits per heavy atom. The second-order valence-electron chi connectivity index (χ2n) is 4.67. The molecule has 2 N–H and O–H groups in total. The normalized spacial score (nSPS) is 17.9. The van der Waals surface area contributed by atoms with Crippen LogP contribution in [0.5, 0.6) is 0 Å². The lowest BCUT2D eigenvalue weighted by molar-refractivity contribution is 0.712. The number of aliphatic imine (C=N–C) groups is 1. The Morgan fingerprint density at radius 2 is 2.26 bits per heavy atom. The largest absolute Gasteiger partial charge is 0.352 e. The van der Waals surface area contributed by atoms with E-state index in [1.165, 1.54) is 5.56 Å². The van der Waals surface area contributed by atoms with Gasteiger partial charge in [-0.15, -0.1) is 0 Å². The third-order valence-electron chi connectivity index (χ3n) is 3.10. The van der Waals surface area contributed by atoms with Crippen LogP contribution in [0.3, 0.4) is 0 Å². The molecule has 0 fully saturated rings. The zero-order chi connectivity index (χ0) is 13.1. The summed E-state index contributed by atoms with van der Waals surface area (Å²) >= 11 is 0. The van der Waals surface area contributed by atoms with Gasteiger partial charge in [0.2, 0.25) is 0 Å². The van der Waals surface area contributed by atoms with Gasteiger partial charge in [-0.05, 0) is 24.6 Å². The number of nitrogens with one attached hydrogen (secondary N) is 2. The Labute approximate surface area is 112 Å². The van der Waals surface area contributed by atoms with Gasteiger partial charge in [0.1, 0.15) is 0 Å². The van der Waals surface area contributed by atoms with E-state index in [0.717, 1.165) is 24.7 Å². The minimum Gasteiger partial charge on any atom is -0.352 e. The first-order valence-corrected chi connectivity index (χ1v) is 6.46. The molecule has 5 heteroatoms. The second-order valence-corrected chi connectivity index (χ2v) is 4.67. The molecule has 1 aromatic heterocycles. The quantitative estimate of drug-likeness (QED) is 0.869. The van der Waals surface area contributed by atoms with Crippen molar-refractivity contribution in [3.05, 3.63) is 48.3 Å². The summed E-state index contributed by atoms with van der Waals surface area (Å²) in [5.74, 6) is 0.878. The lowest BCUT2D eigenvalue weighted by atomic mass is 10.2. The van der Waals surface area contributed by atoms with E-state index in [1.54, 1.807) is 6.20 Å². The van der Waals surface area contributed by atoms with E-state index in [1.807, 2.05) is 29.1 Å². The third kappa shape index (κ3) is 2.59. The number of para-hydroxylation sites is 1. The number of rotatable bonds is 3. The van der Waals surface area contributed by atoms with Crippen LogP contribution in [0.2, 0.25) is 0 Å². The lowest BCUT2D eigenvalue weighted by Crippen LogP contribution is -2.37. The highest BCUT2D eigenvalue weighted by molar-refractivity contribution is 5.81. The molecular weight excluding hydrogens is 238 g/mol. The van der Waals surface area contributed by atoms with E-state index in [4.69, 9.17) is 0 Å². The third-order valence-corrected chi connectivity index (χ3v) is 3.10. The first kappa shape index (κ1) is 11.8. The van der Waals surface area contributed by atoms with Gasteiger partial charge in [-0.1, -0.05) is 18.2 Å². The molecule has 0 saturated heterocycles. The van der Waals surface area contributed by atoms with Crippen LogP contribution in [-0.4, -0.2) is 28.3 Å². The van der Waals surface area contributed by atoms with Gasteiger partial charge in [0.15, 0.2) is 5.96 Å². The van der Waals surface area contributed by atoms with E-state index in [0.29, 0.717) is 6.04 Å². The monoisotopic (exact) mass is 255 g/mol. The summed E-state index contributed by atoms with van der Waals surface area (Å²) in [6.45, 7) is 3.69. The zero-order valence-electron chi connectivity index (χ0n) is 10.9. The van der Waals surface area contributed by atoms with Gasteiger partial charge in [-0.3, -0.25) is 4.99 Å². The van der Waals surface area contributed by atoms with Gasteiger partial charge < -0.3 is 10.6 Å². The zero-order valence-corrected chi connectivity index (χ0v) is 10.9. The van der Waals surface area contributed by atoms with Crippen molar-refractivity contribution in [3.63, 3.8) is 0 Å². The molecule has 1 aliphatic rings. The Hall–Kier alpha value is -2.30. The highest BCUT2D eigenvalue weighted by Crippen LogP contribution is 2.13. The molecule has 0 saturated carbocycles. The fourth-order valence-electron chi connectivity index (χ4n) is 2.13. The topological polar surface area (TPSA) is 54.2 Å². The fraction of sp³-hybridized carbons (Fsp3) is 0.286. The summed E-state index contributed by atoms with van der Waals surface area (Å²) in [5.41, 5.74) is 2.28.